The van der Waals surface area contributed by atoms with Crippen LogP contribution < -0.4 is 5.32 Å². The standard InChI is InChI=1S/C12H15NO2/c1-15-11-8-12(14)13-10(11)7-9-5-3-2-4-6-9/h2-3,7-9H,4-6H2,1H3,(H,13,14). The van der Waals surface area contributed by atoms with E-state index in [-0.39, 0.29) is 5.91 Å². The first kappa shape index (κ1) is 10.0. The zero-order valence-corrected chi connectivity index (χ0v) is 8.82. The van der Waals surface area contributed by atoms with E-state index in [1.807, 2.05) is 0 Å². The lowest BCUT2D eigenvalue weighted by molar-refractivity contribution is -0.115. The highest BCUT2D eigenvalue weighted by Crippen LogP contribution is 2.23. The fraction of sp³-hybridized carbons (Fsp3) is 0.417. The molecule has 2 aliphatic rings. The van der Waals surface area contributed by atoms with Crippen LogP contribution in [0.15, 0.2) is 35.8 Å². The fourth-order valence-corrected chi connectivity index (χ4v) is 1.92. The van der Waals surface area contributed by atoms with E-state index in [1.165, 1.54) is 6.08 Å². The van der Waals surface area contributed by atoms with Crippen molar-refractivity contribution < 1.29 is 9.53 Å². The normalized spacial score (nSPS) is 27.8. The van der Waals surface area contributed by atoms with Crippen molar-refractivity contribution in [2.45, 2.75) is 19.3 Å². The quantitative estimate of drug-likeness (QED) is 0.699. The minimum absolute atomic E-state index is 0.0931. The van der Waals surface area contributed by atoms with Gasteiger partial charge in [0.1, 0.15) is 5.76 Å². The van der Waals surface area contributed by atoms with Crippen LogP contribution in [0.2, 0.25) is 0 Å². The summed E-state index contributed by atoms with van der Waals surface area (Å²) in [6.45, 7) is 0. The number of allylic oxidation sites excluding steroid dienone is 3. The van der Waals surface area contributed by atoms with Crippen LogP contribution in [0.4, 0.5) is 0 Å². The zero-order chi connectivity index (χ0) is 10.7. The summed E-state index contributed by atoms with van der Waals surface area (Å²) in [4.78, 5) is 11.1. The Balaban J connectivity index is 2.10. The second-order valence-electron chi connectivity index (χ2n) is 3.83. The lowest BCUT2D eigenvalue weighted by Gasteiger charge is -2.15. The van der Waals surface area contributed by atoms with Gasteiger partial charge in [0.15, 0.2) is 0 Å². The molecule has 1 aliphatic carbocycles. The topological polar surface area (TPSA) is 38.3 Å². The Morgan fingerprint density at radius 2 is 2.40 bits per heavy atom. The number of hydrogen-bond acceptors (Lipinski definition) is 2. The summed E-state index contributed by atoms with van der Waals surface area (Å²) in [6.07, 6.45) is 11.3. The van der Waals surface area contributed by atoms with Gasteiger partial charge in [-0.2, -0.15) is 0 Å². The predicted octanol–water partition coefficient (Wildman–Crippen LogP) is 1.89. The van der Waals surface area contributed by atoms with Gasteiger partial charge in [-0.25, -0.2) is 0 Å². The summed E-state index contributed by atoms with van der Waals surface area (Å²) in [5.74, 6) is 1.07. The highest BCUT2D eigenvalue weighted by Gasteiger charge is 2.19. The van der Waals surface area contributed by atoms with Crippen molar-refractivity contribution in [1.82, 2.24) is 5.32 Å². The summed E-state index contributed by atoms with van der Waals surface area (Å²) < 4.78 is 5.13. The lowest BCUT2D eigenvalue weighted by atomic mass is 9.93. The van der Waals surface area contributed by atoms with Crippen molar-refractivity contribution in [1.29, 1.82) is 0 Å². The summed E-state index contributed by atoms with van der Waals surface area (Å²) in [5, 5.41) is 2.78. The molecule has 0 aromatic rings. The molecule has 0 fully saturated rings. The Morgan fingerprint density at radius 1 is 1.53 bits per heavy atom. The van der Waals surface area contributed by atoms with E-state index in [9.17, 15) is 4.79 Å². The summed E-state index contributed by atoms with van der Waals surface area (Å²) in [7, 11) is 1.58. The molecule has 3 heteroatoms. The van der Waals surface area contributed by atoms with Crippen molar-refractivity contribution in [3.63, 3.8) is 0 Å². The summed E-state index contributed by atoms with van der Waals surface area (Å²) >= 11 is 0. The van der Waals surface area contributed by atoms with Gasteiger partial charge in [-0.1, -0.05) is 18.2 Å². The van der Waals surface area contributed by atoms with Gasteiger partial charge in [0.2, 0.25) is 0 Å². The minimum atomic E-state index is -0.0931. The molecule has 0 aromatic carbocycles. The van der Waals surface area contributed by atoms with E-state index in [0.717, 1.165) is 25.0 Å². The maximum Gasteiger partial charge on any atom is 0.252 e. The van der Waals surface area contributed by atoms with Crippen molar-refractivity contribution in [3.8, 4) is 0 Å². The fourth-order valence-electron chi connectivity index (χ4n) is 1.92. The molecule has 0 bridgehead atoms. The SMILES string of the molecule is COC1=CC(=O)NC1=CC1CC=CCC1. The second-order valence-corrected chi connectivity index (χ2v) is 3.83. The average Bonchev–Trinajstić information content (AvgIpc) is 2.60. The van der Waals surface area contributed by atoms with Crippen LogP contribution in [0.5, 0.6) is 0 Å². The Morgan fingerprint density at radius 3 is 3.07 bits per heavy atom. The van der Waals surface area contributed by atoms with E-state index in [0.29, 0.717) is 11.7 Å². The van der Waals surface area contributed by atoms with Gasteiger partial charge in [0, 0.05) is 6.08 Å². The van der Waals surface area contributed by atoms with Crippen LogP contribution in [0.25, 0.3) is 0 Å². The molecule has 3 nitrogen and oxygen atoms in total. The van der Waals surface area contributed by atoms with Gasteiger partial charge in [-0.3, -0.25) is 4.79 Å². The molecule has 1 aliphatic heterocycles. The van der Waals surface area contributed by atoms with E-state index >= 15 is 0 Å². The van der Waals surface area contributed by atoms with Crippen LogP contribution in [-0.4, -0.2) is 13.0 Å². The third kappa shape index (κ3) is 2.29. The summed E-state index contributed by atoms with van der Waals surface area (Å²) in [5.41, 5.74) is 0.822. The number of ether oxygens (including phenoxy) is 1. The monoisotopic (exact) mass is 205 g/mol. The number of nitrogens with one attached hydrogen (secondary N) is 1. The molecule has 0 saturated carbocycles. The minimum Gasteiger partial charge on any atom is -0.494 e. The Hall–Kier alpha value is -1.51. The molecule has 15 heavy (non-hydrogen) atoms. The van der Waals surface area contributed by atoms with Crippen LogP contribution in [0.1, 0.15) is 19.3 Å². The third-order valence-electron chi connectivity index (χ3n) is 2.72. The maximum atomic E-state index is 11.1. The smallest absolute Gasteiger partial charge is 0.252 e. The third-order valence-corrected chi connectivity index (χ3v) is 2.72. The molecular formula is C12H15NO2. The molecular weight excluding hydrogens is 190 g/mol. The van der Waals surface area contributed by atoms with Crippen LogP contribution in [-0.2, 0) is 9.53 Å². The first-order chi connectivity index (χ1) is 7.29. The average molecular weight is 205 g/mol. The molecule has 1 atom stereocenters. The highest BCUT2D eigenvalue weighted by atomic mass is 16.5. The van der Waals surface area contributed by atoms with E-state index in [2.05, 4.69) is 23.5 Å². The van der Waals surface area contributed by atoms with Crippen LogP contribution in [0.3, 0.4) is 0 Å². The van der Waals surface area contributed by atoms with Crippen molar-refractivity contribution in [2.24, 2.45) is 5.92 Å². The first-order valence-corrected chi connectivity index (χ1v) is 5.23. The first-order valence-electron chi connectivity index (χ1n) is 5.23. The van der Waals surface area contributed by atoms with Gasteiger partial charge >= 0.3 is 0 Å². The van der Waals surface area contributed by atoms with Gasteiger partial charge < -0.3 is 10.1 Å². The van der Waals surface area contributed by atoms with Gasteiger partial charge in [-0.05, 0) is 25.2 Å². The molecule has 2 rings (SSSR count). The highest BCUT2D eigenvalue weighted by molar-refractivity contribution is 5.94. The number of hydrogen-bond donors (Lipinski definition) is 1. The van der Waals surface area contributed by atoms with Crippen molar-refractivity contribution in [2.75, 3.05) is 7.11 Å². The van der Waals surface area contributed by atoms with E-state index in [4.69, 9.17) is 4.74 Å². The second kappa shape index (κ2) is 4.34. The number of amides is 1. The molecule has 1 heterocycles. The largest absolute Gasteiger partial charge is 0.494 e. The van der Waals surface area contributed by atoms with Gasteiger partial charge in [-0.15, -0.1) is 0 Å². The van der Waals surface area contributed by atoms with Gasteiger partial charge in [0.25, 0.3) is 5.91 Å². The number of methoxy groups -OCH3 is 1. The Bertz CT molecular complexity index is 353. The van der Waals surface area contributed by atoms with E-state index in [1.54, 1.807) is 7.11 Å². The lowest BCUT2D eigenvalue weighted by Crippen LogP contribution is -2.15. The Kier molecular flexibility index (Phi) is 2.90. The maximum absolute atomic E-state index is 11.1. The van der Waals surface area contributed by atoms with Crippen LogP contribution >= 0.6 is 0 Å². The molecule has 0 saturated heterocycles. The molecule has 0 aromatic heterocycles. The molecule has 1 unspecified atom stereocenters. The predicted molar refractivity (Wildman–Crippen MR) is 57.8 cm³/mol. The number of rotatable bonds is 2. The number of carbonyl (C=O) groups is 1. The Labute approximate surface area is 89.5 Å². The number of carbonyl (C=O) groups excluding carboxylic acids is 1. The van der Waals surface area contributed by atoms with E-state index < -0.39 is 0 Å². The zero-order valence-electron chi connectivity index (χ0n) is 8.82. The van der Waals surface area contributed by atoms with Crippen LogP contribution in [0, 0.1) is 5.92 Å². The van der Waals surface area contributed by atoms with Gasteiger partial charge in [0.05, 0.1) is 12.8 Å². The van der Waals surface area contributed by atoms with Crippen molar-refractivity contribution >= 4 is 5.91 Å². The molecule has 1 amide bonds. The molecule has 0 spiro atoms. The molecule has 1 N–H and O–H groups in total. The summed E-state index contributed by atoms with van der Waals surface area (Å²) in [6, 6.07) is 0. The molecule has 0 radical (unpaired) electrons. The molecule has 80 valence electrons. The van der Waals surface area contributed by atoms with Crippen molar-refractivity contribution in [3.05, 3.63) is 35.8 Å².